The molecule has 1 heterocycles. The Morgan fingerprint density at radius 3 is 2.47 bits per heavy atom. The number of nitrogens with zero attached hydrogens (tertiary/aromatic N) is 1. The standard InChI is InChI=1S/C9H9N3O3/c10-7-3-1-6(2-4-7)5-12-8(13)11-9(14)15-12/h1-4H,5,10H2,(H,11,13,14). The van der Waals surface area contributed by atoms with Crippen LogP contribution in [0.15, 0.2) is 38.4 Å². The molecule has 2 aromatic rings. The molecule has 6 nitrogen and oxygen atoms in total. The number of nitrogens with one attached hydrogen (secondary N) is 1. The first-order valence-corrected chi connectivity index (χ1v) is 4.30. The van der Waals surface area contributed by atoms with Crippen molar-refractivity contribution in [1.82, 2.24) is 9.72 Å². The number of anilines is 1. The molecule has 0 aliphatic carbocycles. The molecule has 1 aromatic heterocycles. The zero-order chi connectivity index (χ0) is 10.8. The summed E-state index contributed by atoms with van der Waals surface area (Å²) in [4.78, 5) is 23.8. The van der Waals surface area contributed by atoms with E-state index in [0.29, 0.717) is 5.69 Å². The summed E-state index contributed by atoms with van der Waals surface area (Å²) < 4.78 is 5.56. The normalized spacial score (nSPS) is 10.4. The Kier molecular flexibility index (Phi) is 2.17. The summed E-state index contributed by atoms with van der Waals surface area (Å²) >= 11 is 0. The summed E-state index contributed by atoms with van der Waals surface area (Å²) in [5.74, 6) is -0.754. The Hall–Kier alpha value is -2.24. The van der Waals surface area contributed by atoms with Crippen LogP contribution in [0.3, 0.4) is 0 Å². The predicted octanol–water partition coefficient (Wildman–Crippen LogP) is -0.240. The molecule has 0 spiro atoms. The minimum absolute atomic E-state index is 0.206. The lowest BCUT2D eigenvalue weighted by molar-refractivity contribution is 0.258. The summed E-state index contributed by atoms with van der Waals surface area (Å²) in [6.07, 6.45) is 0. The molecule has 0 amide bonds. The molecular weight excluding hydrogens is 198 g/mol. The number of hydrogen-bond acceptors (Lipinski definition) is 4. The topological polar surface area (TPSA) is 94.0 Å². The van der Waals surface area contributed by atoms with Gasteiger partial charge in [0.05, 0.1) is 6.54 Å². The lowest BCUT2D eigenvalue weighted by Gasteiger charge is -1.99. The van der Waals surface area contributed by atoms with Gasteiger partial charge in [0.1, 0.15) is 0 Å². The lowest BCUT2D eigenvalue weighted by atomic mass is 10.2. The zero-order valence-corrected chi connectivity index (χ0v) is 7.77. The van der Waals surface area contributed by atoms with Gasteiger partial charge in [0, 0.05) is 5.69 Å². The van der Waals surface area contributed by atoms with Crippen LogP contribution in [0.25, 0.3) is 0 Å². The first-order valence-electron chi connectivity index (χ1n) is 4.30. The summed E-state index contributed by atoms with van der Waals surface area (Å²) in [5.41, 5.74) is 6.42. The lowest BCUT2D eigenvalue weighted by Crippen LogP contribution is -2.17. The van der Waals surface area contributed by atoms with Crippen LogP contribution >= 0.6 is 0 Å². The smallest absolute Gasteiger partial charge is 0.399 e. The number of rotatable bonds is 2. The summed E-state index contributed by atoms with van der Waals surface area (Å²) in [6.45, 7) is 0.206. The van der Waals surface area contributed by atoms with Gasteiger partial charge in [0.15, 0.2) is 0 Å². The molecule has 0 aliphatic heterocycles. The van der Waals surface area contributed by atoms with Crippen LogP contribution in [0.4, 0.5) is 5.69 Å². The van der Waals surface area contributed by atoms with E-state index < -0.39 is 11.4 Å². The number of aromatic nitrogens is 2. The monoisotopic (exact) mass is 207 g/mol. The van der Waals surface area contributed by atoms with E-state index in [2.05, 4.69) is 4.52 Å². The van der Waals surface area contributed by atoms with Crippen LogP contribution in [0.1, 0.15) is 5.56 Å². The van der Waals surface area contributed by atoms with Crippen molar-refractivity contribution >= 4 is 5.69 Å². The highest BCUT2D eigenvalue weighted by Gasteiger charge is 2.02. The average Bonchev–Trinajstić information content (AvgIpc) is 2.49. The molecule has 0 atom stereocenters. The Balaban J connectivity index is 2.29. The molecule has 0 aliphatic rings. The van der Waals surface area contributed by atoms with Crippen molar-refractivity contribution in [1.29, 1.82) is 0 Å². The van der Waals surface area contributed by atoms with E-state index in [9.17, 15) is 9.59 Å². The molecule has 0 fully saturated rings. The third kappa shape index (κ3) is 1.98. The number of aromatic amines is 1. The fourth-order valence-corrected chi connectivity index (χ4v) is 1.21. The maximum absolute atomic E-state index is 11.1. The minimum Gasteiger partial charge on any atom is -0.399 e. The van der Waals surface area contributed by atoms with Gasteiger partial charge in [-0.3, -0.25) is 0 Å². The Morgan fingerprint density at radius 2 is 1.93 bits per heavy atom. The van der Waals surface area contributed by atoms with E-state index in [0.717, 1.165) is 10.3 Å². The van der Waals surface area contributed by atoms with Gasteiger partial charge in [-0.25, -0.2) is 14.6 Å². The van der Waals surface area contributed by atoms with Crippen molar-refractivity contribution in [3.8, 4) is 0 Å². The van der Waals surface area contributed by atoms with E-state index in [1.165, 1.54) is 0 Å². The molecule has 1 aromatic carbocycles. The number of benzene rings is 1. The van der Waals surface area contributed by atoms with Gasteiger partial charge in [0.2, 0.25) is 0 Å². The Morgan fingerprint density at radius 1 is 1.27 bits per heavy atom. The molecule has 0 radical (unpaired) electrons. The second-order valence-corrected chi connectivity index (χ2v) is 3.09. The first-order chi connectivity index (χ1) is 7.15. The van der Waals surface area contributed by atoms with Crippen molar-refractivity contribution in [3.05, 3.63) is 50.9 Å². The van der Waals surface area contributed by atoms with E-state index in [-0.39, 0.29) is 6.54 Å². The van der Waals surface area contributed by atoms with Crippen molar-refractivity contribution < 1.29 is 4.52 Å². The Bertz CT molecular complexity index is 561. The minimum atomic E-state index is -0.754. The third-order valence-electron chi connectivity index (χ3n) is 1.93. The van der Waals surface area contributed by atoms with E-state index in [4.69, 9.17) is 5.73 Å². The second-order valence-electron chi connectivity index (χ2n) is 3.09. The second kappa shape index (κ2) is 3.49. The van der Waals surface area contributed by atoms with Gasteiger partial charge in [-0.1, -0.05) is 12.1 Å². The van der Waals surface area contributed by atoms with Crippen LogP contribution in [-0.2, 0) is 6.54 Å². The fraction of sp³-hybridized carbons (Fsp3) is 0.111. The van der Waals surface area contributed by atoms with Crippen LogP contribution < -0.4 is 17.2 Å². The van der Waals surface area contributed by atoms with E-state index in [1.54, 1.807) is 24.3 Å². The zero-order valence-electron chi connectivity index (χ0n) is 7.77. The van der Waals surface area contributed by atoms with Gasteiger partial charge < -0.3 is 10.3 Å². The molecule has 15 heavy (non-hydrogen) atoms. The number of nitrogen functional groups attached to an aromatic ring is 1. The van der Waals surface area contributed by atoms with Gasteiger partial charge in [-0.2, -0.15) is 0 Å². The third-order valence-corrected chi connectivity index (χ3v) is 1.93. The number of H-pyrrole nitrogens is 1. The average molecular weight is 207 g/mol. The summed E-state index contributed by atoms with van der Waals surface area (Å²) in [7, 11) is 0. The Labute approximate surface area is 83.9 Å². The molecule has 2 rings (SSSR count). The van der Waals surface area contributed by atoms with E-state index >= 15 is 0 Å². The SMILES string of the molecule is Nc1ccc(Cn2oc(=O)[nH]c2=O)cc1. The van der Waals surface area contributed by atoms with E-state index in [1.807, 2.05) is 4.98 Å². The first kappa shape index (κ1) is 9.32. The van der Waals surface area contributed by atoms with Crippen molar-refractivity contribution in [2.24, 2.45) is 0 Å². The van der Waals surface area contributed by atoms with Gasteiger partial charge >= 0.3 is 11.4 Å². The maximum Gasteiger partial charge on any atom is 0.440 e. The van der Waals surface area contributed by atoms with Crippen molar-refractivity contribution in [3.63, 3.8) is 0 Å². The van der Waals surface area contributed by atoms with Crippen molar-refractivity contribution in [2.75, 3.05) is 5.73 Å². The number of hydrogen-bond donors (Lipinski definition) is 2. The van der Waals surface area contributed by atoms with Crippen LogP contribution in [-0.4, -0.2) is 9.72 Å². The highest BCUT2D eigenvalue weighted by molar-refractivity contribution is 5.39. The largest absolute Gasteiger partial charge is 0.440 e. The highest BCUT2D eigenvalue weighted by atomic mass is 16.5. The van der Waals surface area contributed by atoms with Crippen LogP contribution in [0, 0.1) is 0 Å². The fourth-order valence-electron chi connectivity index (χ4n) is 1.21. The highest BCUT2D eigenvalue weighted by Crippen LogP contribution is 2.05. The molecule has 0 saturated carbocycles. The molecule has 3 N–H and O–H groups in total. The van der Waals surface area contributed by atoms with Crippen LogP contribution in [0.5, 0.6) is 0 Å². The summed E-state index contributed by atoms with van der Waals surface area (Å²) in [6, 6.07) is 6.94. The van der Waals surface area contributed by atoms with Gasteiger partial charge in [-0.15, -0.1) is 4.74 Å². The molecule has 0 bridgehead atoms. The van der Waals surface area contributed by atoms with Crippen LogP contribution in [0.2, 0.25) is 0 Å². The van der Waals surface area contributed by atoms with Crippen molar-refractivity contribution in [2.45, 2.75) is 6.54 Å². The molecule has 0 saturated heterocycles. The van der Waals surface area contributed by atoms with Gasteiger partial charge in [0.25, 0.3) is 0 Å². The number of nitrogens with two attached hydrogens (primary N) is 1. The molecule has 0 unspecified atom stereocenters. The summed E-state index contributed by atoms with van der Waals surface area (Å²) in [5, 5.41) is 0. The quantitative estimate of drug-likeness (QED) is 0.664. The van der Waals surface area contributed by atoms with Gasteiger partial charge in [-0.05, 0) is 17.7 Å². The molecule has 78 valence electrons. The predicted molar refractivity (Wildman–Crippen MR) is 53.5 cm³/mol. The maximum atomic E-state index is 11.1. The molecular formula is C9H9N3O3. The molecule has 6 heteroatoms.